The van der Waals surface area contributed by atoms with Crippen molar-refractivity contribution >= 4 is 32.6 Å². The lowest BCUT2D eigenvalue weighted by Crippen LogP contribution is -2.43. The van der Waals surface area contributed by atoms with Gasteiger partial charge in [0.25, 0.3) is 6.43 Å². The van der Waals surface area contributed by atoms with Crippen molar-refractivity contribution in [1.29, 1.82) is 0 Å². The smallest absolute Gasteiger partial charge is 0.263 e. The van der Waals surface area contributed by atoms with Crippen LogP contribution < -0.4 is 10.2 Å². The number of nitrogens with one attached hydrogen (secondary N) is 1. The largest absolute Gasteiger partial charge is 0.391 e. The minimum Gasteiger partial charge on any atom is -0.391 e. The van der Waals surface area contributed by atoms with E-state index < -0.39 is 22.4 Å². The van der Waals surface area contributed by atoms with Crippen LogP contribution in [0.3, 0.4) is 0 Å². The predicted molar refractivity (Wildman–Crippen MR) is 124 cm³/mol. The van der Waals surface area contributed by atoms with Gasteiger partial charge in [-0.25, -0.2) is 21.9 Å². The van der Waals surface area contributed by atoms with Gasteiger partial charge in [0.05, 0.1) is 28.6 Å². The minimum absolute atomic E-state index is 0.0568. The van der Waals surface area contributed by atoms with Crippen LogP contribution in [0.15, 0.2) is 30.5 Å². The first-order valence-corrected chi connectivity index (χ1v) is 13.1. The molecule has 2 atom stereocenters. The third-order valence-corrected chi connectivity index (χ3v) is 8.28. The zero-order valence-corrected chi connectivity index (χ0v) is 19.6. The number of hydrogen-bond acceptors (Lipinski definition) is 8. The molecular formula is C22H26F2N6O3S. The highest BCUT2D eigenvalue weighted by molar-refractivity contribution is 7.91. The topological polar surface area (TPSA) is 113 Å². The summed E-state index contributed by atoms with van der Waals surface area (Å²) < 4.78 is 51.6. The number of aromatic nitrogens is 4. The number of hydrogen-bond donors (Lipinski definition) is 2. The number of aliphatic hydroxyl groups excluding tert-OH is 1. The number of benzene rings is 1. The summed E-state index contributed by atoms with van der Waals surface area (Å²) in [5.74, 6) is 0.952. The molecule has 34 heavy (non-hydrogen) atoms. The van der Waals surface area contributed by atoms with E-state index in [2.05, 4.69) is 20.4 Å². The second-order valence-electron chi connectivity index (χ2n) is 9.27. The van der Waals surface area contributed by atoms with Gasteiger partial charge >= 0.3 is 0 Å². The molecule has 2 fully saturated rings. The maximum atomic E-state index is 13.3. The molecule has 1 aliphatic heterocycles. The van der Waals surface area contributed by atoms with Gasteiger partial charge in [-0.1, -0.05) is 19.1 Å². The van der Waals surface area contributed by atoms with E-state index in [-0.39, 0.29) is 22.8 Å². The Morgan fingerprint density at radius 1 is 1.21 bits per heavy atom. The molecule has 0 spiro atoms. The molecule has 1 saturated heterocycles. The molecule has 1 aromatic carbocycles. The number of fused-ring (bicyclic) bond motifs is 1. The van der Waals surface area contributed by atoms with Gasteiger partial charge in [0.1, 0.15) is 15.7 Å². The second kappa shape index (κ2) is 8.42. The molecule has 2 aliphatic rings. The molecule has 0 amide bonds. The van der Waals surface area contributed by atoms with E-state index in [1.165, 1.54) is 23.1 Å². The van der Waals surface area contributed by atoms with E-state index in [4.69, 9.17) is 0 Å². The van der Waals surface area contributed by atoms with Crippen molar-refractivity contribution in [3.05, 3.63) is 36.0 Å². The van der Waals surface area contributed by atoms with Crippen LogP contribution in [0.1, 0.15) is 31.8 Å². The summed E-state index contributed by atoms with van der Waals surface area (Å²) in [6, 6.07) is 5.86. The zero-order valence-electron chi connectivity index (χ0n) is 18.8. The number of anilines is 2. The number of halogens is 2. The quantitative estimate of drug-likeness (QED) is 0.540. The number of alkyl halides is 2. The number of rotatable bonds is 6. The van der Waals surface area contributed by atoms with Crippen molar-refractivity contribution in [3.8, 4) is 5.69 Å². The normalized spacial score (nSPS) is 25.2. The van der Waals surface area contributed by atoms with Gasteiger partial charge in [-0.05, 0) is 25.0 Å². The van der Waals surface area contributed by atoms with Crippen LogP contribution in [0.5, 0.6) is 0 Å². The summed E-state index contributed by atoms with van der Waals surface area (Å²) in [5, 5.41) is 18.2. The monoisotopic (exact) mass is 492 g/mol. The lowest BCUT2D eigenvalue weighted by molar-refractivity contribution is 0.151. The van der Waals surface area contributed by atoms with Crippen LogP contribution in [0.25, 0.3) is 16.7 Å². The van der Waals surface area contributed by atoms with Crippen LogP contribution >= 0.6 is 0 Å². The molecule has 182 valence electrons. The van der Waals surface area contributed by atoms with E-state index >= 15 is 0 Å². The Bertz CT molecular complexity index is 1320. The first-order chi connectivity index (χ1) is 16.1. The van der Waals surface area contributed by atoms with E-state index in [0.29, 0.717) is 54.4 Å². The molecule has 3 aromatic rings. The number of sulfone groups is 1. The molecule has 12 heteroatoms. The Morgan fingerprint density at radius 2 is 1.97 bits per heavy atom. The summed E-state index contributed by atoms with van der Waals surface area (Å²) in [4.78, 5) is 11.3. The van der Waals surface area contributed by atoms with Gasteiger partial charge in [0.2, 0.25) is 5.95 Å². The maximum Gasteiger partial charge on any atom is 0.263 e. The summed E-state index contributed by atoms with van der Waals surface area (Å²) in [6.45, 7) is 2.96. The van der Waals surface area contributed by atoms with Crippen molar-refractivity contribution < 1.29 is 22.3 Å². The van der Waals surface area contributed by atoms with Gasteiger partial charge in [0, 0.05) is 36.9 Å². The van der Waals surface area contributed by atoms with Crippen molar-refractivity contribution in [1.82, 2.24) is 19.7 Å². The van der Waals surface area contributed by atoms with Crippen LogP contribution in [-0.4, -0.2) is 70.0 Å². The van der Waals surface area contributed by atoms with E-state index in [0.717, 1.165) is 0 Å². The average Bonchev–Trinajstić information content (AvgIpc) is 3.32. The fourth-order valence-electron chi connectivity index (χ4n) is 4.52. The predicted octanol–water partition coefficient (Wildman–Crippen LogP) is 2.56. The van der Waals surface area contributed by atoms with E-state index in [1.807, 2.05) is 11.8 Å². The van der Waals surface area contributed by atoms with Crippen molar-refractivity contribution in [2.24, 2.45) is 5.92 Å². The summed E-state index contributed by atoms with van der Waals surface area (Å²) in [5.41, 5.74) is 0.762. The molecule has 0 bridgehead atoms. The van der Waals surface area contributed by atoms with Gasteiger partial charge in [0.15, 0.2) is 5.65 Å². The molecular weight excluding hydrogens is 466 g/mol. The lowest BCUT2D eigenvalue weighted by Gasteiger charge is -2.34. The Balaban J connectivity index is 1.55. The summed E-state index contributed by atoms with van der Waals surface area (Å²) in [6.07, 6.45) is 0.650. The van der Waals surface area contributed by atoms with Crippen molar-refractivity contribution in [3.63, 3.8) is 0 Å². The van der Waals surface area contributed by atoms with E-state index in [1.54, 1.807) is 18.3 Å². The minimum atomic E-state index is -3.10. The standard InChI is InChI=1S/C22H26F2N6O3S/c1-12-10-29(11-18(12)31)20-17-9-25-30(15-5-3-4-13(6-15)19(23)24)21(17)28-22(27-20)26-14-7-16(8-14)34(2,32)33/h3-6,9,12,14,16,18-19,31H,7-8,10-11H2,1-2H3,(H,26,27,28)/t12-,14?,16?,18-/m1/s1. The molecule has 5 rings (SSSR count). The molecule has 9 nitrogen and oxygen atoms in total. The first-order valence-electron chi connectivity index (χ1n) is 11.1. The SMILES string of the molecule is C[C@@H]1CN(c2nc(NC3CC(S(C)(=O)=O)C3)nc3c2cnn3-c2cccc(C(F)F)c2)C[C@H]1O. The van der Waals surface area contributed by atoms with Crippen LogP contribution in [0.2, 0.25) is 0 Å². The van der Waals surface area contributed by atoms with Crippen LogP contribution in [0.4, 0.5) is 20.5 Å². The second-order valence-corrected chi connectivity index (χ2v) is 11.6. The third-order valence-electron chi connectivity index (χ3n) is 6.68. The Labute approximate surface area is 195 Å². The summed E-state index contributed by atoms with van der Waals surface area (Å²) in [7, 11) is -3.10. The molecule has 2 aromatic heterocycles. The molecule has 3 heterocycles. The number of nitrogens with zero attached hydrogens (tertiary/aromatic N) is 5. The fourth-order valence-corrected chi connectivity index (χ4v) is 5.68. The van der Waals surface area contributed by atoms with Crippen LogP contribution in [-0.2, 0) is 9.84 Å². The lowest BCUT2D eigenvalue weighted by atomic mass is 9.92. The van der Waals surface area contributed by atoms with Crippen molar-refractivity contribution in [2.75, 3.05) is 29.6 Å². The van der Waals surface area contributed by atoms with Gasteiger partial charge in [-0.3, -0.25) is 0 Å². The number of aliphatic hydroxyl groups is 1. The maximum absolute atomic E-state index is 13.3. The first kappa shape index (κ1) is 22.9. The molecule has 0 unspecified atom stereocenters. The Kier molecular flexibility index (Phi) is 5.67. The zero-order chi connectivity index (χ0) is 24.2. The third kappa shape index (κ3) is 4.20. The highest BCUT2D eigenvalue weighted by Gasteiger charge is 2.37. The highest BCUT2D eigenvalue weighted by atomic mass is 32.2. The summed E-state index contributed by atoms with van der Waals surface area (Å²) >= 11 is 0. The average molecular weight is 493 g/mol. The Hall–Kier alpha value is -2.86. The van der Waals surface area contributed by atoms with Gasteiger partial charge in [-0.2, -0.15) is 15.1 Å². The molecule has 2 N–H and O–H groups in total. The molecule has 1 aliphatic carbocycles. The van der Waals surface area contributed by atoms with Crippen LogP contribution in [0, 0.1) is 5.92 Å². The molecule has 1 saturated carbocycles. The van der Waals surface area contributed by atoms with Gasteiger partial charge in [-0.15, -0.1) is 0 Å². The fraction of sp³-hybridized carbons (Fsp3) is 0.500. The van der Waals surface area contributed by atoms with Crippen molar-refractivity contribution in [2.45, 2.75) is 43.6 Å². The Morgan fingerprint density at radius 3 is 2.62 bits per heavy atom. The number of β-amino-alcohol motifs (C(OH)–C–C–N with tert-alkyl or cyclic N) is 1. The molecule has 0 radical (unpaired) electrons. The van der Waals surface area contributed by atoms with E-state index in [9.17, 15) is 22.3 Å². The van der Waals surface area contributed by atoms with Gasteiger partial charge < -0.3 is 15.3 Å². The highest BCUT2D eigenvalue weighted by Crippen LogP contribution is 2.33.